The average molecular weight is 510 g/mol. The zero-order valence-corrected chi connectivity index (χ0v) is 21.7. The van der Waals surface area contributed by atoms with Crippen LogP contribution in [0.3, 0.4) is 0 Å². The predicted molar refractivity (Wildman–Crippen MR) is 130 cm³/mol. The molecule has 5 nitrogen and oxygen atoms in total. The van der Waals surface area contributed by atoms with Gasteiger partial charge in [0.25, 0.3) is 0 Å². The molecule has 5 rings (SSSR count). The van der Waals surface area contributed by atoms with Gasteiger partial charge in [-0.1, -0.05) is 41.4 Å². The van der Waals surface area contributed by atoms with Crippen LogP contribution in [0.2, 0.25) is 0 Å². The van der Waals surface area contributed by atoms with E-state index in [0.717, 1.165) is 91.3 Å². The van der Waals surface area contributed by atoms with Gasteiger partial charge in [0.05, 0.1) is 40.6 Å². The van der Waals surface area contributed by atoms with E-state index in [1.165, 1.54) is 18.4 Å². The van der Waals surface area contributed by atoms with E-state index in [4.69, 9.17) is 18.9 Å². The van der Waals surface area contributed by atoms with Crippen LogP contribution < -0.4 is 9.47 Å². The number of benzene rings is 1. The number of hydrogen-bond donors (Lipinski definition) is 0. The molecule has 6 heteroatoms. The lowest BCUT2D eigenvalue weighted by molar-refractivity contribution is -0.947. The number of methoxy groups -OCH3 is 2. The van der Waals surface area contributed by atoms with Crippen molar-refractivity contribution < 1.29 is 23.4 Å². The van der Waals surface area contributed by atoms with Gasteiger partial charge in [-0.05, 0) is 48.6 Å². The summed E-state index contributed by atoms with van der Waals surface area (Å²) in [6.45, 7) is 12.0. The van der Waals surface area contributed by atoms with Crippen LogP contribution in [0, 0.1) is 17.3 Å². The molecule has 2 atom stereocenters. The van der Waals surface area contributed by atoms with Crippen LogP contribution in [0.5, 0.6) is 11.5 Å². The summed E-state index contributed by atoms with van der Waals surface area (Å²) in [5, 5.41) is 0. The summed E-state index contributed by atoms with van der Waals surface area (Å²) in [6, 6.07) is 4.11. The molecule has 32 heavy (non-hydrogen) atoms. The molecule has 1 aromatic carbocycles. The number of quaternary nitrogens is 1. The summed E-state index contributed by atoms with van der Waals surface area (Å²) in [5.41, 5.74) is 3.38. The molecule has 3 aliphatic carbocycles. The standard InChI is InChI=1S/C26H39BrNO4/c1-26(2)21-6-5-19(22(26)16-21)7-11-31-12-8-28(9-13-32-14-10-28)18-20-15-24(29-3)25(30-4)17-23(20)27/h5,15,17,21-22H,6-14,16,18H2,1-4H3/q+1/t21-,22-/m0/s1. The van der Waals surface area contributed by atoms with E-state index >= 15 is 0 Å². The molecule has 1 aliphatic heterocycles. The highest BCUT2D eigenvalue weighted by molar-refractivity contribution is 9.10. The Kier molecular flexibility index (Phi) is 7.55. The van der Waals surface area contributed by atoms with Crippen LogP contribution in [0.15, 0.2) is 28.3 Å². The zero-order valence-electron chi connectivity index (χ0n) is 20.1. The first-order valence-electron chi connectivity index (χ1n) is 12.0. The Hall–Kier alpha value is -1.08. The van der Waals surface area contributed by atoms with Gasteiger partial charge < -0.3 is 23.4 Å². The molecule has 0 amide bonds. The number of fused-ring (bicyclic) bond motifs is 1. The van der Waals surface area contributed by atoms with Crippen LogP contribution in [-0.2, 0) is 16.0 Å². The molecule has 1 aromatic rings. The number of morpholine rings is 1. The summed E-state index contributed by atoms with van der Waals surface area (Å²) >= 11 is 3.74. The molecule has 2 bridgehead atoms. The third-order valence-corrected chi connectivity index (χ3v) is 9.04. The molecule has 0 spiro atoms. The second-order valence-electron chi connectivity index (χ2n) is 10.3. The minimum absolute atomic E-state index is 0.500. The van der Waals surface area contributed by atoms with E-state index in [2.05, 4.69) is 41.9 Å². The highest BCUT2D eigenvalue weighted by Gasteiger charge is 2.50. The fourth-order valence-electron chi connectivity index (χ4n) is 5.88. The van der Waals surface area contributed by atoms with Gasteiger partial charge in [-0.15, -0.1) is 0 Å². The Morgan fingerprint density at radius 3 is 2.47 bits per heavy atom. The molecule has 1 heterocycles. The first-order chi connectivity index (χ1) is 15.4. The maximum Gasteiger partial charge on any atom is 0.161 e. The molecule has 0 aromatic heterocycles. The Bertz CT molecular complexity index is 831. The quantitative estimate of drug-likeness (QED) is 0.247. The summed E-state index contributed by atoms with van der Waals surface area (Å²) in [6.07, 6.45) is 6.24. The normalized spacial score (nSPS) is 25.6. The number of hydrogen-bond acceptors (Lipinski definition) is 4. The van der Waals surface area contributed by atoms with Crippen molar-refractivity contribution in [2.24, 2.45) is 17.3 Å². The molecular weight excluding hydrogens is 470 g/mol. The highest BCUT2D eigenvalue weighted by atomic mass is 79.9. The summed E-state index contributed by atoms with van der Waals surface area (Å²) in [4.78, 5) is 0. The van der Waals surface area contributed by atoms with Gasteiger partial charge in [-0.2, -0.15) is 0 Å². The molecule has 1 saturated carbocycles. The van der Waals surface area contributed by atoms with Crippen molar-refractivity contribution >= 4 is 15.9 Å². The smallest absolute Gasteiger partial charge is 0.161 e. The Morgan fingerprint density at radius 2 is 1.81 bits per heavy atom. The Labute approximate surface area is 201 Å². The van der Waals surface area contributed by atoms with Crippen LogP contribution >= 0.6 is 15.9 Å². The number of rotatable bonds is 10. The largest absolute Gasteiger partial charge is 0.493 e. The summed E-state index contributed by atoms with van der Waals surface area (Å²) < 4.78 is 24.9. The van der Waals surface area contributed by atoms with Gasteiger partial charge >= 0.3 is 0 Å². The fraction of sp³-hybridized carbons (Fsp3) is 0.692. The topological polar surface area (TPSA) is 36.9 Å². The molecular formula is C26H39BrNO4+. The lowest BCUT2D eigenvalue weighted by Crippen LogP contribution is -2.56. The second kappa shape index (κ2) is 10.0. The van der Waals surface area contributed by atoms with Gasteiger partial charge in [0.15, 0.2) is 11.5 Å². The number of allylic oxidation sites excluding steroid dienone is 1. The Balaban J connectivity index is 1.33. The van der Waals surface area contributed by atoms with Crippen molar-refractivity contribution in [1.29, 1.82) is 0 Å². The van der Waals surface area contributed by atoms with Gasteiger partial charge in [0, 0.05) is 10.0 Å². The molecule has 0 N–H and O–H groups in total. The van der Waals surface area contributed by atoms with Crippen LogP contribution in [-0.4, -0.2) is 64.8 Å². The minimum atomic E-state index is 0.500. The van der Waals surface area contributed by atoms with Crippen LogP contribution in [0.25, 0.3) is 0 Å². The van der Waals surface area contributed by atoms with Gasteiger partial charge in [0.2, 0.25) is 0 Å². The number of nitrogens with zero attached hydrogens (tertiary/aromatic N) is 1. The first kappa shape index (κ1) is 24.1. The third-order valence-electron chi connectivity index (χ3n) is 8.31. The number of ether oxygens (including phenoxy) is 4. The van der Waals surface area contributed by atoms with Crippen LogP contribution in [0.4, 0.5) is 0 Å². The van der Waals surface area contributed by atoms with Crippen molar-refractivity contribution in [3.05, 3.63) is 33.8 Å². The van der Waals surface area contributed by atoms with Crippen molar-refractivity contribution in [3.8, 4) is 11.5 Å². The van der Waals surface area contributed by atoms with Crippen molar-refractivity contribution in [2.75, 3.05) is 60.3 Å². The zero-order chi connectivity index (χ0) is 22.8. The highest BCUT2D eigenvalue weighted by Crippen LogP contribution is 2.59. The predicted octanol–water partition coefficient (Wildman–Crippen LogP) is 5.21. The molecule has 0 radical (unpaired) electrons. The molecule has 0 unspecified atom stereocenters. The lowest BCUT2D eigenvalue weighted by atomic mass is 9.48. The van der Waals surface area contributed by atoms with Gasteiger partial charge in [-0.25, -0.2) is 0 Å². The Morgan fingerprint density at radius 1 is 1.09 bits per heavy atom. The molecule has 178 valence electrons. The van der Waals surface area contributed by atoms with Crippen molar-refractivity contribution in [3.63, 3.8) is 0 Å². The van der Waals surface area contributed by atoms with E-state index in [1.54, 1.807) is 19.8 Å². The molecule has 4 aliphatic rings. The van der Waals surface area contributed by atoms with E-state index < -0.39 is 0 Å². The van der Waals surface area contributed by atoms with E-state index in [-0.39, 0.29) is 0 Å². The summed E-state index contributed by atoms with van der Waals surface area (Å²) in [7, 11) is 3.36. The third kappa shape index (κ3) is 4.89. The summed E-state index contributed by atoms with van der Waals surface area (Å²) in [5.74, 6) is 3.21. The molecule has 2 fully saturated rings. The van der Waals surface area contributed by atoms with E-state index in [1.807, 2.05) is 6.07 Å². The van der Waals surface area contributed by atoms with E-state index in [9.17, 15) is 0 Å². The number of halogens is 1. The monoisotopic (exact) mass is 508 g/mol. The van der Waals surface area contributed by atoms with Crippen molar-refractivity contribution in [2.45, 2.75) is 39.7 Å². The molecule has 1 saturated heterocycles. The maximum atomic E-state index is 6.19. The van der Waals surface area contributed by atoms with Gasteiger partial charge in [-0.3, -0.25) is 0 Å². The van der Waals surface area contributed by atoms with E-state index in [0.29, 0.717) is 5.41 Å². The first-order valence-corrected chi connectivity index (χ1v) is 12.8. The van der Waals surface area contributed by atoms with Crippen LogP contribution in [0.1, 0.15) is 38.7 Å². The second-order valence-corrected chi connectivity index (χ2v) is 11.1. The fourth-order valence-corrected chi connectivity index (χ4v) is 6.33. The maximum absolute atomic E-state index is 6.19. The lowest BCUT2D eigenvalue weighted by Gasteiger charge is -2.56. The van der Waals surface area contributed by atoms with Crippen molar-refractivity contribution in [1.82, 2.24) is 0 Å². The SMILES string of the molecule is COc1cc(Br)c(C[N+]2(CCOCCC3=CC[C@H]4C[C@@H]3C4(C)C)CCOCC2)cc1OC. The average Bonchev–Trinajstić information content (AvgIpc) is 2.80. The van der Waals surface area contributed by atoms with Gasteiger partial charge in [0.1, 0.15) is 26.2 Å². The minimum Gasteiger partial charge on any atom is -0.493 e.